The maximum Gasteiger partial charge on any atom is 0.249 e. The Morgan fingerprint density at radius 3 is 2.62 bits per heavy atom. The van der Waals surface area contributed by atoms with Crippen LogP contribution in [0.25, 0.3) is 11.0 Å². The summed E-state index contributed by atoms with van der Waals surface area (Å²) in [5.41, 5.74) is 1.91. The van der Waals surface area contributed by atoms with Gasteiger partial charge < -0.3 is 14.4 Å². The number of nitrogens with zero attached hydrogens (tertiary/aromatic N) is 3. The fraction of sp³-hybridized carbons (Fsp3) is 0.273. The van der Waals surface area contributed by atoms with Gasteiger partial charge in [0.15, 0.2) is 5.69 Å². The van der Waals surface area contributed by atoms with Gasteiger partial charge in [-0.2, -0.15) is 0 Å². The van der Waals surface area contributed by atoms with Crippen molar-refractivity contribution in [2.24, 2.45) is 0 Å². The predicted octanol–water partition coefficient (Wildman–Crippen LogP) is 3.78. The van der Waals surface area contributed by atoms with Gasteiger partial charge in [0.05, 0.1) is 29.3 Å². The summed E-state index contributed by atoms with van der Waals surface area (Å²) in [7, 11) is 3.97. The molecule has 29 heavy (non-hydrogen) atoms. The second-order valence-electron chi connectivity index (χ2n) is 6.50. The molecule has 0 bridgehead atoms. The van der Waals surface area contributed by atoms with Crippen molar-refractivity contribution in [1.29, 1.82) is 0 Å². The van der Waals surface area contributed by atoms with Crippen molar-refractivity contribution < 1.29 is 13.9 Å². The Bertz CT molecular complexity index is 1050. The second-order valence-corrected chi connectivity index (χ2v) is 6.91. The van der Waals surface area contributed by atoms with Crippen LogP contribution >= 0.6 is 11.6 Å². The lowest BCUT2D eigenvalue weighted by atomic mass is 10.2. The lowest BCUT2D eigenvalue weighted by Gasteiger charge is -2.11. The van der Waals surface area contributed by atoms with E-state index in [1.54, 1.807) is 12.1 Å². The van der Waals surface area contributed by atoms with Crippen molar-refractivity contribution in [1.82, 2.24) is 14.9 Å². The highest BCUT2D eigenvalue weighted by Gasteiger charge is 2.10. The standard InChI is InChI=1S/C22H21ClFN3O2/c1-27(2)11-12-28-13-14-29-22-20(9-7-16-5-3-4-6-18(16)23)25-21-15-17(24)8-10-19(21)26-22/h3-6,8,10,15H,11-14H2,1-2H3. The molecule has 2 aromatic carbocycles. The van der Waals surface area contributed by atoms with Crippen LogP contribution < -0.4 is 4.74 Å². The monoisotopic (exact) mass is 413 g/mol. The van der Waals surface area contributed by atoms with E-state index in [2.05, 4.69) is 21.8 Å². The van der Waals surface area contributed by atoms with E-state index in [9.17, 15) is 4.39 Å². The van der Waals surface area contributed by atoms with Gasteiger partial charge in [0.2, 0.25) is 5.88 Å². The molecule has 1 aromatic heterocycles. The summed E-state index contributed by atoms with van der Waals surface area (Å²) in [6, 6.07) is 11.5. The molecule has 0 aliphatic carbocycles. The first-order chi connectivity index (χ1) is 14.0. The molecule has 7 heteroatoms. The van der Waals surface area contributed by atoms with Gasteiger partial charge >= 0.3 is 0 Å². The molecule has 0 aliphatic heterocycles. The van der Waals surface area contributed by atoms with Gasteiger partial charge in [-0.15, -0.1) is 0 Å². The van der Waals surface area contributed by atoms with Gasteiger partial charge in [0.1, 0.15) is 12.4 Å². The molecule has 150 valence electrons. The largest absolute Gasteiger partial charge is 0.473 e. The van der Waals surface area contributed by atoms with Crippen LogP contribution in [0.15, 0.2) is 42.5 Å². The van der Waals surface area contributed by atoms with Crippen LogP contribution in [0.2, 0.25) is 5.02 Å². The SMILES string of the molecule is CN(C)CCOCCOc1nc2ccc(F)cc2nc1C#Cc1ccccc1Cl. The van der Waals surface area contributed by atoms with E-state index >= 15 is 0 Å². The zero-order chi connectivity index (χ0) is 20.6. The van der Waals surface area contributed by atoms with Crippen LogP contribution in [0.3, 0.4) is 0 Å². The number of ether oxygens (including phenoxy) is 2. The van der Waals surface area contributed by atoms with Gasteiger partial charge in [0, 0.05) is 18.2 Å². The van der Waals surface area contributed by atoms with E-state index in [0.29, 0.717) is 47.1 Å². The number of rotatable bonds is 7. The lowest BCUT2D eigenvalue weighted by Crippen LogP contribution is -2.19. The first-order valence-electron chi connectivity index (χ1n) is 9.12. The Kier molecular flexibility index (Phi) is 7.36. The molecular weight excluding hydrogens is 393 g/mol. The molecule has 0 amide bonds. The van der Waals surface area contributed by atoms with Gasteiger partial charge in [-0.25, -0.2) is 14.4 Å². The first kappa shape index (κ1) is 21.0. The molecule has 0 saturated heterocycles. The molecule has 0 fully saturated rings. The lowest BCUT2D eigenvalue weighted by molar-refractivity contribution is 0.0875. The predicted molar refractivity (Wildman–Crippen MR) is 112 cm³/mol. The normalized spacial score (nSPS) is 10.8. The van der Waals surface area contributed by atoms with Crippen molar-refractivity contribution in [2.75, 3.05) is 40.5 Å². The smallest absolute Gasteiger partial charge is 0.249 e. The summed E-state index contributed by atoms with van der Waals surface area (Å²) in [5.74, 6) is 5.81. The van der Waals surface area contributed by atoms with E-state index in [4.69, 9.17) is 21.1 Å². The molecule has 5 nitrogen and oxygen atoms in total. The number of hydrogen-bond donors (Lipinski definition) is 0. The minimum atomic E-state index is -0.389. The van der Waals surface area contributed by atoms with Crippen LogP contribution in [-0.4, -0.2) is 55.3 Å². The zero-order valence-corrected chi connectivity index (χ0v) is 17.0. The van der Waals surface area contributed by atoms with Gasteiger partial charge in [-0.05, 0) is 44.3 Å². The van der Waals surface area contributed by atoms with Crippen LogP contribution in [-0.2, 0) is 4.74 Å². The summed E-state index contributed by atoms with van der Waals surface area (Å²) < 4.78 is 24.9. The molecule has 3 aromatic rings. The second kappa shape index (κ2) is 10.2. The molecule has 1 heterocycles. The van der Waals surface area contributed by atoms with E-state index in [1.807, 2.05) is 37.2 Å². The third-order valence-corrected chi connectivity index (χ3v) is 4.26. The van der Waals surface area contributed by atoms with E-state index in [1.165, 1.54) is 12.1 Å². The minimum Gasteiger partial charge on any atom is -0.473 e. The minimum absolute atomic E-state index is 0.278. The fourth-order valence-corrected chi connectivity index (χ4v) is 2.61. The fourth-order valence-electron chi connectivity index (χ4n) is 2.43. The van der Waals surface area contributed by atoms with Gasteiger partial charge in [0.25, 0.3) is 0 Å². The first-order valence-corrected chi connectivity index (χ1v) is 9.50. The van der Waals surface area contributed by atoms with Crippen molar-refractivity contribution >= 4 is 22.6 Å². The highest BCUT2D eigenvalue weighted by atomic mass is 35.5. The van der Waals surface area contributed by atoms with Crippen LogP contribution in [0.5, 0.6) is 5.88 Å². The summed E-state index contributed by atoms with van der Waals surface area (Å²) in [4.78, 5) is 10.9. The molecule has 0 atom stereocenters. The number of likely N-dealkylation sites (N-methyl/N-ethyl adjacent to an activating group) is 1. The summed E-state index contributed by atoms with van der Waals surface area (Å²) in [5, 5.41) is 0.538. The number of benzene rings is 2. The van der Waals surface area contributed by atoms with Crippen molar-refractivity contribution in [3.05, 3.63) is 64.6 Å². The third-order valence-electron chi connectivity index (χ3n) is 3.93. The quantitative estimate of drug-likeness (QED) is 0.436. The highest BCUT2D eigenvalue weighted by Crippen LogP contribution is 2.20. The van der Waals surface area contributed by atoms with E-state index in [0.717, 1.165) is 6.54 Å². The van der Waals surface area contributed by atoms with Crippen molar-refractivity contribution in [3.63, 3.8) is 0 Å². The Morgan fingerprint density at radius 1 is 1.00 bits per heavy atom. The maximum absolute atomic E-state index is 13.6. The van der Waals surface area contributed by atoms with Crippen molar-refractivity contribution in [3.8, 4) is 17.7 Å². The maximum atomic E-state index is 13.6. The van der Waals surface area contributed by atoms with Crippen LogP contribution in [0, 0.1) is 17.7 Å². The van der Waals surface area contributed by atoms with Crippen molar-refractivity contribution in [2.45, 2.75) is 0 Å². The Morgan fingerprint density at radius 2 is 1.83 bits per heavy atom. The molecule has 0 aliphatic rings. The third kappa shape index (κ3) is 6.13. The average molecular weight is 414 g/mol. The van der Waals surface area contributed by atoms with Gasteiger partial charge in [-0.1, -0.05) is 29.7 Å². The van der Waals surface area contributed by atoms with E-state index < -0.39 is 0 Å². The van der Waals surface area contributed by atoms with E-state index in [-0.39, 0.29) is 11.7 Å². The highest BCUT2D eigenvalue weighted by molar-refractivity contribution is 6.31. The Hall–Kier alpha value is -2.72. The number of fused-ring (bicyclic) bond motifs is 1. The summed E-state index contributed by atoms with van der Waals surface area (Å²) >= 11 is 6.16. The zero-order valence-electron chi connectivity index (χ0n) is 16.3. The van der Waals surface area contributed by atoms with Crippen LogP contribution in [0.1, 0.15) is 11.3 Å². The summed E-state index contributed by atoms with van der Waals surface area (Å²) in [6.45, 7) is 2.15. The Labute approximate surface area is 174 Å². The molecule has 0 N–H and O–H groups in total. The molecule has 0 unspecified atom stereocenters. The topological polar surface area (TPSA) is 47.5 Å². The Balaban J connectivity index is 1.82. The molecule has 0 spiro atoms. The molecule has 0 radical (unpaired) electrons. The number of halogens is 2. The average Bonchev–Trinajstić information content (AvgIpc) is 2.69. The molecule has 0 saturated carbocycles. The van der Waals surface area contributed by atoms with Crippen LogP contribution in [0.4, 0.5) is 4.39 Å². The summed E-state index contributed by atoms with van der Waals surface area (Å²) in [6.07, 6.45) is 0. The molecule has 3 rings (SSSR count). The molecular formula is C22H21ClFN3O2. The van der Waals surface area contributed by atoms with Gasteiger partial charge in [-0.3, -0.25) is 0 Å². The number of hydrogen-bond acceptors (Lipinski definition) is 5. The number of aromatic nitrogens is 2.